The van der Waals surface area contributed by atoms with Crippen LogP contribution in [0.1, 0.15) is 25.3 Å². The van der Waals surface area contributed by atoms with Gasteiger partial charge in [0.25, 0.3) is 0 Å². The minimum Gasteiger partial charge on any atom is -0.337 e. The Balaban J connectivity index is 1.56. The van der Waals surface area contributed by atoms with E-state index in [-0.39, 0.29) is 17.6 Å². The Morgan fingerprint density at radius 2 is 2.11 bits per heavy atom. The van der Waals surface area contributed by atoms with Crippen LogP contribution in [0.3, 0.4) is 0 Å². The van der Waals surface area contributed by atoms with Gasteiger partial charge in [-0.25, -0.2) is 9.97 Å². The Morgan fingerprint density at radius 1 is 1.36 bits per heavy atom. The van der Waals surface area contributed by atoms with E-state index in [0.29, 0.717) is 0 Å². The molecule has 1 unspecified atom stereocenters. The van der Waals surface area contributed by atoms with Gasteiger partial charge in [0.1, 0.15) is 21.7 Å². The van der Waals surface area contributed by atoms with E-state index < -0.39 is 5.54 Å². The molecule has 1 N–H and O–H groups in total. The summed E-state index contributed by atoms with van der Waals surface area (Å²) in [5.41, 5.74) is 2.64. The van der Waals surface area contributed by atoms with Crippen LogP contribution in [0.15, 0.2) is 41.0 Å². The van der Waals surface area contributed by atoms with Crippen LogP contribution < -0.4 is 5.32 Å². The smallest absolute Gasteiger partial charge is 0.231 e. The lowest BCUT2D eigenvalue weighted by molar-refractivity contribution is -0.119. The Bertz CT molecular complexity index is 1070. The number of hydrogen-bond donors (Lipinski definition) is 1. The second-order valence-corrected chi connectivity index (χ2v) is 9.12. The van der Waals surface area contributed by atoms with Crippen molar-refractivity contribution in [2.75, 3.05) is 5.75 Å². The van der Waals surface area contributed by atoms with Crippen molar-refractivity contribution in [3.63, 3.8) is 0 Å². The Hall–Kier alpha value is -2.43. The molecule has 0 radical (unpaired) electrons. The van der Waals surface area contributed by atoms with Gasteiger partial charge in [-0.1, -0.05) is 41.6 Å². The van der Waals surface area contributed by atoms with Gasteiger partial charge in [0.2, 0.25) is 5.91 Å². The summed E-state index contributed by atoms with van der Waals surface area (Å²) >= 11 is 2.97. The first-order chi connectivity index (χ1) is 13.5. The van der Waals surface area contributed by atoms with Gasteiger partial charge < -0.3 is 5.32 Å². The maximum absolute atomic E-state index is 12.5. The Kier molecular flexibility index (Phi) is 5.09. The summed E-state index contributed by atoms with van der Waals surface area (Å²) in [6.07, 6.45) is 3.54. The molecule has 5 nitrogen and oxygen atoms in total. The number of nitriles is 1. The van der Waals surface area contributed by atoms with Gasteiger partial charge in [-0.15, -0.1) is 11.3 Å². The van der Waals surface area contributed by atoms with Crippen molar-refractivity contribution in [3.05, 3.63) is 41.5 Å². The highest BCUT2D eigenvalue weighted by Crippen LogP contribution is 2.40. The molecular weight excluding hydrogens is 388 g/mol. The van der Waals surface area contributed by atoms with E-state index in [4.69, 9.17) is 0 Å². The molecule has 2 aromatic heterocycles. The highest BCUT2D eigenvalue weighted by Gasteiger charge is 2.42. The monoisotopic (exact) mass is 408 g/mol. The van der Waals surface area contributed by atoms with Crippen LogP contribution in [-0.2, 0) is 4.79 Å². The van der Waals surface area contributed by atoms with Gasteiger partial charge >= 0.3 is 0 Å². The summed E-state index contributed by atoms with van der Waals surface area (Å²) in [6, 6.07) is 10.6. The third-order valence-corrected chi connectivity index (χ3v) is 6.94. The molecule has 1 saturated carbocycles. The number of aromatic nitrogens is 2. The van der Waals surface area contributed by atoms with Crippen molar-refractivity contribution in [1.82, 2.24) is 15.3 Å². The molecule has 3 aromatic rings. The van der Waals surface area contributed by atoms with E-state index in [1.54, 1.807) is 17.7 Å². The van der Waals surface area contributed by atoms with Crippen LogP contribution in [0.5, 0.6) is 0 Å². The van der Waals surface area contributed by atoms with Crippen LogP contribution in [0.25, 0.3) is 21.3 Å². The minimum atomic E-state index is -0.770. The summed E-state index contributed by atoms with van der Waals surface area (Å²) in [5.74, 6) is 0.348. The minimum absolute atomic E-state index is 0.139. The lowest BCUT2D eigenvalue weighted by Crippen LogP contribution is -2.47. The predicted octanol–water partition coefficient (Wildman–Crippen LogP) is 4.57. The quantitative estimate of drug-likeness (QED) is 0.477. The van der Waals surface area contributed by atoms with Gasteiger partial charge in [-0.05, 0) is 38.2 Å². The second-order valence-electron chi connectivity index (χ2n) is 7.30. The van der Waals surface area contributed by atoms with Crippen LogP contribution in [0.4, 0.5) is 0 Å². The van der Waals surface area contributed by atoms with Gasteiger partial charge in [-0.2, -0.15) is 5.26 Å². The summed E-state index contributed by atoms with van der Waals surface area (Å²) < 4.78 is 0. The molecule has 1 fully saturated rings. The number of carbonyl (C=O) groups excluding carboxylic acids is 1. The first kappa shape index (κ1) is 18.9. The molecule has 1 amide bonds. The van der Waals surface area contributed by atoms with Crippen LogP contribution >= 0.6 is 23.1 Å². The third-order valence-electron chi connectivity index (χ3n) is 5.06. The number of carbonyl (C=O) groups is 1. The SMILES string of the molecule is Cc1ccc(-c2csc3ncnc(SCC(=O)NC(C)(C#N)C4CC4)c23)cc1. The molecule has 4 rings (SSSR count). The van der Waals surface area contributed by atoms with E-state index in [1.165, 1.54) is 17.3 Å². The van der Waals surface area contributed by atoms with Crippen LogP contribution in [0, 0.1) is 24.2 Å². The molecule has 0 saturated heterocycles. The van der Waals surface area contributed by atoms with E-state index in [0.717, 1.165) is 39.2 Å². The summed E-state index contributed by atoms with van der Waals surface area (Å²) in [7, 11) is 0. The molecule has 28 heavy (non-hydrogen) atoms. The van der Waals surface area contributed by atoms with E-state index in [9.17, 15) is 10.1 Å². The maximum atomic E-state index is 12.5. The fourth-order valence-electron chi connectivity index (χ4n) is 3.24. The van der Waals surface area contributed by atoms with Gasteiger partial charge in [0, 0.05) is 10.9 Å². The predicted molar refractivity (Wildman–Crippen MR) is 113 cm³/mol. The Morgan fingerprint density at radius 3 is 2.79 bits per heavy atom. The van der Waals surface area contributed by atoms with Gasteiger partial charge in [0.05, 0.1) is 17.2 Å². The molecule has 142 valence electrons. The van der Waals surface area contributed by atoms with Crippen molar-refractivity contribution in [2.45, 2.75) is 37.3 Å². The van der Waals surface area contributed by atoms with Crippen molar-refractivity contribution >= 4 is 39.2 Å². The molecule has 1 aliphatic rings. The molecule has 1 aliphatic carbocycles. The molecule has 0 spiro atoms. The van der Waals surface area contributed by atoms with Crippen molar-refractivity contribution in [3.8, 4) is 17.2 Å². The number of nitrogens with zero attached hydrogens (tertiary/aromatic N) is 3. The first-order valence-electron chi connectivity index (χ1n) is 9.14. The second kappa shape index (κ2) is 7.53. The zero-order valence-electron chi connectivity index (χ0n) is 15.7. The number of thiophene rings is 1. The number of hydrogen-bond acceptors (Lipinski definition) is 6. The molecule has 1 aromatic carbocycles. The standard InChI is InChI=1S/C21H20N4OS2/c1-13-3-5-14(6-4-13)16-9-27-19-18(16)20(24-12-23-19)28-10-17(26)25-21(2,11-22)15-7-8-15/h3-6,9,12,15H,7-8,10H2,1-2H3,(H,25,26). The zero-order chi connectivity index (χ0) is 19.7. The first-order valence-corrected chi connectivity index (χ1v) is 11.0. The van der Waals surface area contributed by atoms with Crippen molar-refractivity contribution in [1.29, 1.82) is 5.26 Å². The van der Waals surface area contributed by atoms with Crippen molar-refractivity contribution in [2.24, 2.45) is 5.92 Å². The number of benzene rings is 1. The number of rotatable bonds is 6. The van der Waals surface area contributed by atoms with Crippen molar-refractivity contribution < 1.29 is 4.79 Å². The fraction of sp³-hybridized carbons (Fsp3) is 0.333. The lowest BCUT2D eigenvalue weighted by atomic mass is 9.98. The summed E-state index contributed by atoms with van der Waals surface area (Å²) in [6.45, 7) is 3.87. The average Bonchev–Trinajstić information content (AvgIpc) is 3.47. The van der Waals surface area contributed by atoms with Gasteiger partial charge in [0.15, 0.2) is 0 Å². The largest absolute Gasteiger partial charge is 0.337 e. The Labute approximate surface area is 172 Å². The van der Waals surface area contributed by atoms with E-state index >= 15 is 0 Å². The lowest BCUT2D eigenvalue weighted by Gasteiger charge is -2.22. The molecule has 0 aliphatic heterocycles. The number of nitrogens with one attached hydrogen (secondary N) is 1. The number of thioether (sulfide) groups is 1. The molecule has 2 heterocycles. The number of aryl methyl sites for hydroxylation is 1. The molecule has 1 atom stereocenters. The third kappa shape index (κ3) is 3.75. The fourth-order valence-corrected chi connectivity index (χ4v) is 5.04. The summed E-state index contributed by atoms with van der Waals surface area (Å²) in [5, 5.41) is 16.2. The van der Waals surface area contributed by atoms with Crippen LogP contribution in [-0.4, -0.2) is 27.2 Å². The average molecular weight is 409 g/mol. The molecule has 0 bridgehead atoms. The molecule has 7 heteroatoms. The normalized spacial score (nSPS) is 15.8. The highest BCUT2D eigenvalue weighted by molar-refractivity contribution is 8.00. The highest BCUT2D eigenvalue weighted by atomic mass is 32.2. The van der Waals surface area contributed by atoms with E-state index in [2.05, 4.69) is 57.9 Å². The topological polar surface area (TPSA) is 78.7 Å². The summed E-state index contributed by atoms with van der Waals surface area (Å²) in [4.78, 5) is 22.2. The van der Waals surface area contributed by atoms with Gasteiger partial charge in [-0.3, -0.25) is 4.79 Å². The van der Waals surface area contributed by atoms with E-state index in [1.807, 2.05) is 6.92 Å². The maximum Gasteiger partial charge on any atom is 0.231 e. The van der Waals surface area contributed by atoms with Crippen LogP contribution in [0.2, 0.25) is 0 Å². The number of fused-ring (bicyclic) bond motifs is 1. The number of amides is 1. The zero-order valence-corrected chi connectivity index (χ0v) is 17.4. The molecular formula is C21H20N4OS2.